The third-order valence-corrected chi connectivity index (χ3v) is 3.13. The molecule has 0 saturated carbocycles. The second kappa shape index (κ2) is 8.79. The number of halogens is 1. The zero-order chi connectivity index (χ0) is 15.2. The van der Waals surface area contributed by atoms with Crippen LogP contribution in [0.3, 0.4) is 0 Å². The smallest absolute Gasteiger partial charge is 0.193 e. The molecule has 6 heteroatoms. The van der Waals surface area contributed by atoms with Crippen molar-refractivity contribution in [3.8, 4) is 0 Å². The van der Waals surface area contributed by atoms with Crippen LogP contribution in [0.15, 0.2) is 52.1 Å². The number of hydrogen-bond acceptors (Lipinski definition) is 3. The second-order valence-corrected chi connectivity index (χ2v) is 5.16. The van der Waals surface area contributed by atoms with E-state index in [1.807, 2.05) is 18.2 Å². The average molecular weight is 415 g/mol. The van der Waals surface area contributed by atoms with Crippen LogP contribution in [0.25, 0.3) is 0 Å². The predicted molar refractivity (Wildman–Crippen MR) is 99.7 cm³/mol. The zero-order valence-corrected chi connectivity index (χ0v) is 15.0. The fourth-order valence-corrected chi connectivity index (χ4v) is 1.92. The van der Waals surface area contributed by atoms with Gasteiger partial charge < -0.3 is 20.6 Å². The van der Waals surface area contributed by atoms with Crippen molar-refractivity contribution < 1.29 is 9.52 Å². The van der Waals surface area contributed by atoms with Crippen molar-refractivity contribution in [1.82, 2.24) is 0 Å². The minimum absolute atomic E-state index is 0. The Bertz CT molecular complexity index is 597. The molecule has 0 radical (unpaired) electrons. The van der Waals surface area contributed by atoms with Crippen LogP contribution < -0.4 is 11.1 Å². The Morgan fingerprint density at radius 1 is 1.32 bits per heavy atom. The Kier molecular flexibility index (Phi) is 7.40. The molecule has 120 valence electrons. The predicted octanol–water partition coefficient (Wildman–Crippen LogP) is 3.48. The summed E-state index contributed by atoms with van der Waals surface area (Å²) in [6, 6.07) is 11.4. The fraction of sp³-hybridized carbons (Fsp3) is 0.312. The van der Waals surface area contributed by atoms with E-state index in [0.29, 0.717) is 11.7 Å². The van der Waals surface area contributed by atoms with E-state index < -0.39 is 6.10 Å². The summed E-state index contributed by atoms with van der Waals surface area (Å²) in [5.74, 6) is 1.19. The normalized spacial score (nSPS) is 12.8. The van der Waals surface area contributed by atoms with Crippen molar-refractivity contribution in [1.29, 1.82) is 0 Å². The summed E-state index contributed by atoms with van der Waals surface area (Å²) in [7, 11) is 0. The molecule has 4 N–H and O–H groups in total. The van der Waals surface area contributed by atoms with Gasteiger partial charge in [-0.25, -0.2) is 4.99 Å². The van der Waals surface area contributed by atoms with E-state index in [1.54, 1.807) is 12.1 Å². The number of guanidine groups is 1. The van der Waals surface area contributed by atoms with Gasteiger partial charge in [0.15, 0.2) is 5.96 Å². The molecule has 1 heterocycles. The highest BCUT2D eigenvalue weighted by Gasteiger charge is 2.09. The molecule has 1 aromatic heterocycles. The van der Waals surface area contributed by atoms with E-state index in [4.69, 9.17) is 10.2 Å². The molecule has 1 unspecified atom stereocenters. The fourth-order valence-electron chi connectivity index (χ4n) is 1.92. The first-order valence-electron chi connectivity index (χ1n) is 6.94. The molecule has 0 bridgehead atoms. The quantitative estimate of drug-likeness (QED) is 0.397. The van der Waals surface area contributed by atoms with Gasteiger partial charge in [0, 0.05) is 5.69 Å². The molecular weight excluding hydrogens is 393 g/mol. The number of anilines is 1. The molecule has 0 spiro atoms. The lowest BCUT2D eigenvalue weighted by Gasteiger charge is -2.10. The van der Waals surface area contributed by atoms with Crippen LogP contribution in [0.2, 0.25) is 0 Å². The standard InChI is InChI=1S/C16H21N3O2.HI/c1-11(2)12-5-3-6-13(9-12)19-16(17)18-10-14(20)15-7-4-8-21-15;/h3-9,11,14,20H,10H2,1-2H3,(H3,17,18,19);1H. The van der Waals surface area contributed by atoms with Crippen LogP contribution in [0, 0.1) is 0 Å². The number of nitrogens with zero attached hydrogens (tertiary/aromatic N) is 1. The van der Waals surface area contributed by atoms with Gasteiger partial charge in [0.25, 0.3) is 0 Å². The van der Waals surface area contributed by atoms with Crippen molar-refractivity contribution >= 4 is 35.6 Å². The van der Waals surface area contributed by atoms with Crippen molar-refractivity contribution in [3.05, 3.63) is 54.0 Å². The highest BCUT2D eigenvalue weighted by atomic mass is 127. The molecule has 1 atom stereocenters. The lowest BCUT2D eigenvalue weighted by Crippen LogP contribution is -2.23. The molecule has 0 aliphatic carbocycles. The van der Waals surface area contributed by atoms with E-state index in [-0.39, 0.29) is 36.5 Å². The van der Waals surface area contributed by atoms with E-state index in [2.05, 4.69) is 30.2 Å². The first-order chi connectivity index (χ1) is 10.1. The van der Waals surface area contributed by atoms with E-state index in [9.17, 15) is 5.11 Å². The van der Waals surface area contributed by atoms with Crippen LogP contribution in [-0.4, -0.2) is 17.6 Å². The Morgan fingerprint density at radius 3 is 2.73 bits per heavy atom. The molecule has 5 nitrogen and oxygen atoms in total. The number of furan rings is 1. The number of hydrogen-bond donors (Lipinski definition) is 3. The molecular formula is C16H22IN3O2. The lowest BCUT2D eigenvalue weighted by molar-refractivity contribution is 0.158. The summed E-state index contributed by atoms with van der Waals surface area (Å²) in [6.45, 7) is 4.42. The zero-order valence-electron chi connectivity index (χ0n) is 12.7. The molecule has 0 aliphatic rings. The van der Waals surface area contributed by atoms with Crippen LogP contribution in [0.4, 0.5) is 5.69 Å². The Morgan fingerprint density at radius 2 is 2.09 bits per heavy atom. The Balaban J connectivity index is 0.00000242. The molecule has 2 rings (SSSR count). The highest BCUT2D eigenvalue weighted by Crippen LogP contribution is 2.18. The molecule has 22 heavy (non-hydrogen) atoms. The lowest BCUT2D eigenvalue weighted by atomic mass is 10.0. The van der Waals surface area contributed by atoms with Gasteiger partial charge >= 0.3 is 0 Å². The van der Waals surface area contributed by atoms with Gasteiger partial charge in [-0.15, -0.1) is 24.0 Å². The van der Waals surface area contributed by atoms with E-state index in [0.717, 1.165) is 5.69 Å². The maximum Gasteiger partial charge on any atom is 0.193 e. The average Bonchev–Trinajstić information content (AvgIpc) is 2.99. The van der Waals surface area contributed by atoms with Crippen molar-refractivity contribution in [2.24, 2.45) is 10.7 Å². The van der Waals surface area contributed by atoms with Crippen LogP contribution in [-0.2, 0) is 0 Å². The van der Waals surface area contributed by atoms with Crippen molar-refractivity contribution in [2.75, 3.05) is 11.9 Å². The second-order valence-electron chi connectivity index (χ2n) is 5.16. The SMILES string of the molecule is CC(C)c1cccc(NC(N)=NCC(O)c2ccco2)c1.I. The first-order valence-corrected chi connectivity index (χ1v) is 6.94. The molecule has 0 saturated heterocycles. The first kappa shape index (κ1) is 18.5. The molecule has 0 aliphatic heterocycles. The van der Waals surface area contributed by atoms with Gasteiger partial charge in [-0.2, -0.15) is 0 Å². The third-order valence-electron chi connectivity index (χ3n) is 3.13. The topological polar surface area (TPSA) is 83.8 Å². The van der Waals surface area contributed by atoms with Crippen LogP contribution in [0.5, 0.6) is 0 Å². The number of aliphatic hydroxyl groups excluding tert-OH is 1. The van der Waals surface area contributed by atoms with E-state index in [1.165, 1.54) is 11.8 Å². The molecule has 2 aromatic rings. The minimum atomic E-state index is -0.789. The summed E-state index contributed by atoms with van der Waals surface area (Å²) >= 11 is 0. The monoisotopic (exact) mass is 415 g/mol. The van der Waals surface area contributed by atoms with Gasteiger partial charge in [0.2, 0.25) is 0 Å². The summed E-state index contributed by atoms with van der Waals surface area (Å²) in [5, 5.41) is 12.9. The largest absolute Gasteiger partial charge is 0.467 e. The third kappa shape index (κ3) is 5.34. The maximum absolute atomic E-state index is 9.86. The molecule has 1 aromatic carbocycles. The van der Waals surface area contributed by atoms with Gasteiger partial charge in [-0.05, 0) is 35.7 Å². The van der Waals surface area contributed by atoms with Gasteiger partial charge in [0.1, 0.15) is 11.9 Å². The number of nitrogens with one attached hydrogen (secondary N) is 1. The highest BCUT2D eigenvalue weighted by molar-refractivity contribution is 14.0. The van der Waals surface area contributed by atoms with Gasteiger partial charge in [0.05, 0.1) is 12.8 Å². The summed E-state index contributed by atoms with van der Waals surface area (Å²) in [6.07, 6.45) is 0.726. The molecule has 0 amide bonds. The van der Waals surface area contributed by atoms with Gasteiger partial charge in [-0.1, -0.05) is 26.0 Å². The minimum Gasteiger partial charge on any atom is -0.467 e. The summed E-state index contributed by atoms with van der Waals surface area (Å²) in [4.78, 5) is 4.12. The Labute approximate surface area is 147 Å². The number of aliphatic hydroxyl groups is 1. The van der Waals surface area contributed by atoms with Crippen molar-refractivity contribution in [2.45, 2.75) is 25.9 Å². The van der Waals surface area contributed by atoms with E-state index >= 15 is 0 Å². The number of aliphatic imine (C=N–C) groups is 1. The summed E-state index contributed by atoms with van der Waals surface area (Å²) < 4.78 is 5.11. The van der Waals surface area contributed by atoms with Gasteiger partial charge in [-0.3, -0.25) is 0 Å². The number of rotatable bonds is 5. The Hall–Kier alpha value is -1.54. The summed E-state index contributed by atoms with van der Waals surface area (Å²) in [5.41, 5.74) is 7.94. The van der Waals surface area contributed by atoms with Crippen LogP contribution >= 0.6 is 24.0 Å². The maximum atomic E-state index is 9.86. The van der Waals surface area contributed by atoms with Crippen LogP contribution in [0.1, 0.15) is 37.2 Å². The van der Waals surface area contributed by atoms with Crippen molar-refractivity contribution in [3.63, 3.8) is 0 Å². The number of benzene rings is 1. The number of nitrogens with two attached hydrogens (primary N) is 1. The molecule has 0 fully saturated rings.